The summed E-state index contributed by atoms with van der Waals surface area (Å²) in [6.45, 7) is 2.26. The minimum Gasteiger partial charge on any atom is -0.481 e. The zero-order chi connectivity index (χ0) is 21.5. The second kappa shape index (κ2) is 23.4. The topological polar surface area (TPSA) is 112 Å². The Bertz CT molecular complexity index is 365. The molecule has 0 spiro atoms. The van der Waals surface area contributed by atoms with E-state index in [2.05, 4.69) is 6.92 Å². The van der Waals surface area contributed by atoms with Crippen LogP contribution < -0.4 is 0 Å². The highest BCUT2D eigenvalue weighted by Gasteiger charge is 1.99. The van der Waals surface area contributed by atoms with Crippen molar-refractivity contribution in [2.75, 3.05) is 0 Å². The fourth-order valence-corrected chi connectivity index (χ4v) is 2.85. The Labute approximate surface area is 170 Å². The molecule has 0 radical (unpaired) electrons. The summed E-state index contributed by atoms with van der Waals surface area (Å²) < 4.78 is 0. The smallest absolute Gasteiger partial charge is 0.303 e. The first-order chi connectivity index (χ1) is 13.4. The van der Waals surface area contributed by atoms with E-state index in [0.717, 1.165) is 12.8 Å². The number of hydrogen-bond donors (Lipinski definition) is 3. The highest BCUT2D eigenvalue weighted by atomic mass is 16.4. The highest BCUT2D eigenvalue weighted by Crippen LogP contribution is 2.12. The maximum Gasteiger partial charge on any atom is 0.303 e. The first-order valence-electron chi connectivity index (χ1n) is 11.1. The van der Waals surface area contributed by atoms with E-state index in [1.165, 1.54) is 70.6 Å². The Morgan fingerprint density at radius 1 is 0.429 bits per heavy atom. The van der Waals surface area contributed by atoms with Gasteiger partial charge in [0.1, 0.15) is 0 Å². The number of carboxylic acids is 3. The number of carbonyl (C=O) groups is 3. The van der Waals surface area contributed by atoms with Crippen LogP contribution in [0.3, 0.4) is 0 Å². The van der Waals surface area contributed by atoms with E-state index in [1.54, 1.807) is 0 Å². The first-order valence-corrected chi connectivity index (χ1v) is 11.1. The third-order valence-electron chi connectivity index (χ3n) is 4.53. The van der Waals surface area contributed by atoms with Crippen LogP contribution in [0.25, 0.3) is 0 Å². The van der Waals surface area contributed by atoms with E-state index < -0.39 is 17.9 Å². The van der Waals surface area contributed by atoms with Crippen LogP contribution in [0.15, 0.2) is 0 Å². The molecule has 0 aliphatic carbocycles. The number of aliphatic carboxylic acids is 3. The van der Waals surface area contributed by atoms with Crippen molar-refractivity contribution in [2.24, 2.45) is 0 Å². The lowest BCUT2D eigenvalue weighted by atomic mass is 10.0. The molecule has 0 bridgehead atoms. The lowest BCUT2D eigenvalue weighted by Crippen LogP contribution is -1.97. The van der Waals surface area contributed by atoms with Crippen molar-refractivity contribution < 1.29 is 29.7 Å². The largest absolute Gasteiger partial charge is 0.481 e. The molecule has 0 aliphatic heterocycles. The summed E-state index contributed by atoms with van der Waals surface area (Å²) in [6.07, 6.45) is 18.3. The van der Waals surface area contributed by atoms with E-state index in [4.69, 9.17) is 15.3 Å². The number of rotatable bonds is 19. The molecule has 6 nitrogen and oxygen atoms in total. The van der Waals surface area contributed by atoms with Gasteiger partial charge in [0.25, 0.3) is 0 Å². The Kier molecular flexibility index (Phi) is 24.0. The van der Waals surface area contributed by atoms with Crippen molar-refractivity contribution in [3.63, 3.8) is 0 Å². The van der Waals surface area contributed by atoms with Crippen molar-refractivity contribution >= 4 is 17.9 Å². The third kappa shape index (κ3) is 32.1. The summed E-state index contributed by atoms with van der Waals surface area (Å²) in [5.74, 6) is -2.39. The minimum atomic E-state index is -0.870. The van der Waals surface area contributed by atoms with E-state index in [1.807, 2.05) is 0 Å². The fourth-order valence-electron chi connectivity index (χ4n) is 2.85. The zero-order valence-electron chi connectivity index (χ0n) is 17.8. The monoisotopic (exact) mass is 402 g/mol. The molecule has 0 aromatic carbocycles. The normalized spacial score (nSPS) is 10.2. The van der Waals surface area contributed by atoms with E-state index in [9.17, 15) is 14.4 Å². The van der Waals surface area contributed by atoms with Gasteiger partial charge >= 0.3 is 17.9 Å². The average Bonchev–Trinajstić information content (AvgIpc) is 2.63. The molecular weight excluding hydrogens is 360 g/mol. The Hall–Kier alpha value is -1.59. The van der Waals surface area contributed by atoms with Gasteiger partial charge in [-0.2, -0.15) is 0 Å². The van der Waals surface area contributed by atoms with Gasteiger partial charge in [-0.1, -0.05) is 84.0 Å². The number of carboxylic acid groups (broad SMARTS) is 3. The molecule has 0 atom stereocenters. The van der Waals surface area contributed by atoms with Crippen LogP contribution in [0, 0.1) is 0 Å². The molecule has 0 aromatic rings. The molecule has 0 aliphatic rings. The first kappa shape index (κ1) is 28.6. The highest BCUT2D eigenvalue weighted by molar-refractivity contribution is 5.68. The molecule has 0 rings (SSSR count). The molecule has 28 heavy (non-hydrogen) atoms. The van der Waals surface area contributed by atoms with E-state index >= 15 is 0 Å². The van der Waals surface area contributed by atoms with Gasteiger partial charge in [-0.25, -0.2) is 0 Å². The second-order valence-electron chi connectivity index (χ2n) is 7.38. The quantitative estimate of drug-likeness (QED) is 0.220. The van der Waals surface area contributed by atoms with Crippen molar-refractivity contribution in [3.05, 3.63) is 0 Å². The van der Waals surface area contributed by atoms with Crippen LogP contribution in [-0.2, 0) is 14.4 Å². The van der Waals surface area contributed by atoms with Crippen LogP contribution in [0.2, 0.25) is 0 Å². The molecule has 3 N–H and O–H groups in total. The van der Waals surface area contributed by atoms with Crippen molar-refractivity contribution in [1.82, 2.24) is 0 Å². The maximum absolute atomic E-state index is 10.3. The summed E-state index contributed by atoms with van der Waals surface area (Å²) in [7, 11) is 0. The number of unbranched alkanes of at least 4 members (excludes halogenated alkanes) is 13. The Balaban J connectivity index is 0. The molecule has 6 heteroatoms. The molecule has 0 saturated heterocycles. The summed E-state index contributed by atoms with van der Waals surface area (Å²) in [5, 5.41) is 24.8. The minimum absolute atomic E-state index is 0.0628. The third-order valence-corrected chi connectivity index (χ3v) is 4.53. The summed E-state index contributed by atoms with van der Waals surface area (Å²) in [5.41, 5.74) is 0. The van der Waals surface area contributed by atoms with E-state index in [-0.39, 0.29) is 12.8 Å². The van der Waals surface area contributed by atoms with Gasteiger partial charge in [-0.15, -0.1) is 0 Å². The molecule has 0 heterocycles. The molecule has 0 fully saturated rings. The summed E-state index contributed by atoms with van der Waals surface area (Å²) in [6, 6.07) is 0. The van der Waals surface area contributed by atoms with Crippen LogP contribution in [0.4, 0.5) is 0 Å². The van der Waals surface area contributed by atoms with Crippen molar-refractivity contribution in [3.8, 4) is 0 Å². The Morgan fingerprint density at radius 2 is 0.643 bits per heavy atom. The predicted octanol–water partition coefficient (Wildman–Crippen LogP) is 6.27. The van der Waals surface area contributed by atoms with Crippen LogP contribution in [0.1, 0.15) is 122 Å². The molecular formula is C22H42O6. The molecule has 0 amide bonds. The SMILES string of the molecule is CCCCCCCCCCCCCCCC(=O)O.O=C(O)CCCCC(=O)O. The van der Waals surface area contributed by atoms with E-state index in [0.29, 0.717) is 19.3 Å². The molecule has 0 aromatic heterocycles. The van der Waals surface area contributed by atoms with Crippen LogP contribution in [0.5, 0.6) is 0 Å². The van der Waals surface area contributed by atoms with Gasteiger partial charge in [0.2, 0.25) is 0 Å². The predicted molar refractivity (Wildman–Crippen MR) is 112 cm³/mol. The summed E-state index contributed by atoms with van der Waals surface area (Å²) in [4.78, 5) is 30.1. The number of hydrogen-bond acceptors (Lipinski definition) is 3. The van der Waals surface area contributed by atoms with Crippen molar-refractivity contribution in [2.45, 2.75) is 122 Å². The summed E-state index contributed by atoms with van der Waals surface area (Å²) >= 11 is 0. The maximum atomic E-state index is 10.3. The lowest BCUT2D eigenvalue weighted by molar-refractivity contribution is -0.139. The molecule has 166 valence electrons. The standard InChI is InChI=1S/C16H32O2.C6H10O4/c1-2-3-4-5-6-7-8-9-10-11-12-13-14-15-16(17)18;7-5(8)3-1-2-4-6(9)10/h2-15H2,1H3,(H,17,18);1-4H2,(H,7,8)(H,9,10). The second-order valence-corrected chi connectivity index (χ2v) is 7.38. The van der Waals surface area contributed by atoms with Crippen LogP contribution in [-0.4, -0.2) is 33.2 Å². The fraction of sp³-hybridized carbons (Fsp3) is 0.864. The van der Waals surface area contributed by atoms with Gasteiger partial charge in [0.15, 0.2) is 0 Å². The van der Waals surface area contributed by atoms with Gasteiger partial charge in [-0.3, -0.25) is 14.4 Å². The average molecular weight is 403 g/mol. The van der Waals surface area contributed by atoms with Crippen molar-refractivity contribution in [1.29, 1.82) is 0 Å². The van der Waals surface area contributed by atoms with Gasteiger partial charge in [-0.05, 0) is 19.3 Å². The molecule has 0 unspecified atom stereocenters. The Morgan fingerprint density at radius 3 is 0.893 bits per heavy atom. The van der Waals surface area contributed by atoms with Gasteiger partial charge < -0.3 is 15.3 Å². The molecule has 0 saturated carbocycles. The lowest BCUT2D eigenvalue weighted by Gasteiger charge is -2.02. The van der Waals surface area contributed by atoms with Crippen LogP contribution >= 0.6 is 0 Å². The zero-order valence-corrected chi connectivity index (χ0v) is 17.8. The van der Waals surface area contributed by atoms with Gasteiger partial charge in [0, 0.05) is 19.3 Å². The van der Waals surface area contributed by atoms with Gasteiger partial charge in [0.05, 0.1) is 0 Å².